The molecular formula is C15H28O8. The van der Waals surface area contributed by atoms with Gasteiger partial charge in [0.25, 0.3) is 0 Å². The van der Waals surface area contributed by atoms with Crippen molar-refractivity contribution in [3.8, 4) is 0 Å². The van der Waals surface area contributed by atoms with Gasteiger partial charge in [0.1, 0.15) is 31.8 Å². The zero-order valence-corrected chi connectivity index (χ0v) is 14.1. The van der Waals surface area contributed by atoms with Gasteiger partial charge in [0.05, 0.1) is 33.5 Å². The molecular weight excluding hydrogens is 308 g/mol. The maximum absolute atomic E-state index is 5.61. The molecule has 0 amide bonds. The van der Waals surface area contributed by atoms with E-state index < -0.39 is 0 Å². The number of rotatable bonds is 17. The third kappa shape index (κ3) is 16.9. The SMILES string of the molecule is C/C=C/OOCCOC(COCC)COCCOO/C=C/OC. The first-order chi connectivity index (χ1) is 11.3. The molecule has 1 unspecified atom stereocenters. The van der Waals surface area contributed by atoms with E-state index in [0.717, 1.165) is 0 Å². The second kappa shape index (κ2) is 18.7. The van der Waals surface area contributed by atoms with E-state index in [1.807, 2.05) is 13.8 Å². The van der Waals surface area contributed by atoms with E-state index in [1.54, 1.807) is 6.08 Å². The maximum atomic E-state index is 5.61. The lowest BCUT2D eigenvalue weighted by Crippen LogP contribution is -2.28. The molecule has 0 aliphatic rings. The standard InChI is InChI=1S/C15H28O8/c1-4-6-20-23-12-9-19-15(13-17-5-2)14-18-8-11-22-21-10-7-16-3/h4,6-7,10,15H,5,8-9,11-14H2,1-3H3/b6-4+,10-7+. The Kier molecular flexibility index (Phi) is 17.7. The van der Waals surface area contributed by atoms with Crippen LogP contribution >= 0.6 is 0 Å². The van der Waals surface area contributed by atoms with Crippen molar-refractivity contribution in [2.24, 2.45) is 0 Å². The van der Waals surface area contributed by atoms with Crippen LogP contribution in [0.5, 0.6) is 0 Å². The molecule has 136 valence electrons. The van der Waals surface area contributed by atoms with Gasteiger partial charge in [-0.15, -0.1) is 0 Å². The van der Waals surface area contributed by atoms with Crippen LogP contribution in [0.4, 0.5) is 0 Å². The van der Waals surface area contributed by atoms with Gasteiger partial charge < -0.3 is 28.7 Å². The summed E-state index contributed by atoms with van der Waals surface area (Å²) in [4.78, 5) is 19.1. The number of hydrogen-bond donors (Lipinski definition) is 0. The summed E-state index contributed by atoms with van der Waals surface area (Å²) in [6.45, 7) is 6.54. The highest BCUT2D eigenvalue weighted by molar-refractivity contribution is 4.62. The van der Waals surface area contributed by atoms with Gasteiger partial charge in [0.2, 0.25) is 0 Å². The quantitative estimate of drug-likeness (QED) is 0.173. The monoisotopic (exact) mass is 336 g/mol. The predicted octanol–water partition coefficient (Wildman–Crippen LogP) is 1.97. The summed E-state index contributed by atoms with van der Waals surface area (Å²) in [5, 5.41) is 0. The molecule has 0 aliphatic heterocycles. The molecule has 0 saturated carbocycles. The van der Waals surface area contributed by atoms with E-state index in [9.17, 15) is 0 Å². The topological polar surface area (TPSA) is 73.8 Å². The summed E-state index contributed by atoms with van der Waals surface area (Å²) in [7, 11) is 1.51. The maximum Gasteiger partial charge on any atom is 0.163 e. The van der Waals surface area contributed by atoms with Crippen molar-refractivity contribution >= 4 is 0 Å². The van der Waals surface area contributed by atoms with E-state index in [1.165, 1.54) is 25.9 Å². The van der Waals surface area contributed by atoms with E-state index in [2.05, 4.69) is 9.62 Å². The molecule has 8 heteroatoms. The summed E-state index contributed by atoms with van der Waals surface area (Å²) in [5.74, 6) is 0. The van der Waals surface area contributed by atoms with Crippen LogP contribution in [0.3, 0.4) is 0 Å². The van der Waals surface area contributed by atoms with Gasteiger partial charge in [-0.2, -0.15) is 9.78 Å². The third-order valence-corrected chi connectivity index (χ3v) is 2.22. The average Bonchev–Trinajstić information content (AvgIpc) is 2.57. The molecule has 1 atom stereocenters. The van der Waals surface area contributed by atoms with Gasteiger partial charge in [-0.1, -0.05) is 0 Å². The zero-order valence-electron chi connectivity index (χ0n) is 14.1. The molecule has 0 rings (SSSR count). The molecule has 23 heavy (non-hydrogen) atoms. The summed E-state index contributed by atoms with van der Waals surface area (Å²) < 4.78 is 21.0. The number of hydrogen-bond acceptors (Lipinski definition) is 8. The summed E-state index contributed by atoms with van der Waals surface area (Å²) >= 11 is 0. The Hall–Kier alpha value is -1.32. The van der Waals surface area contributed by atoms with Gasteiger partial charge in [0, 0.05) is 6.61 Å². The zero-order chi connectivity index (χ0) is 17.0. The molecule has 0 aromatic carbocycles. The van der Waals surface area contributed by atoms with Crippen LogP contribution in [0.2, 0.25) is 0 Å². The predicted molar refractivity (Wildman–Crippen MR) is 82.1 cm³/mol. The van der Waals surface area contributed by atoms with Crippen LogP contribution in [0.1, 0.15) is 13.8 Å². The van der Waals surface area contributed by atoms with Crippen molar-refractivity contribution < 1.29 is 38.5 Å². The fourth-order valence-corrected chi connectivity index (χ4v) is 1.26. The molecule has 8 nitrogen and oxygen atoms in total. The van der Waals surface area contributed by atoms with Crippen LogP contribution in [-0.4, -0.2) is 59.5 Å². The van der Waals surface area contributed by atoms with Crippen LogP contribution in [0.15, 0.2) is 24.9 Å². The highest BCUT2D eigenvalue weighted by Gasteiger charge is 2.10. The molecule has 0 heterocycles. The summed E-state index contributed by atoms with van der Waals surface area (Å²) in [6, 6.07) is 0. The van der Waals surface area contributed by atoms with Crippen molar-refractivity contribution in [1.82, 2.24) is 0 Å². The summed E-state index contributed by atoms with van der Waals surface area (Å²) in [6.07, 6.45) is 5.63. The second-order valence-corrected chi connectivity index (χ2v) is 4.04. The van der Waals surface area contributed by atoms with Gasteiger partial charge in [0.15, 0.2) is 6.26 Å². The van der Waals surface area contributed by atoms with E-state index in [4.69, 9.17) is 28.9 Å². The number of allylic oxidation sites excluding steroid dienone is 1. The van der Waals surface area contributed by atoms with Gasteiger partial charge in [-0.3, -0.25) is 0 Å². The lowest BCUT2D eigenvalue weighted by Gasteiger charge is -2.17. The first-order valence-electron chi connectivity index (χ1n) is 7.47. The van der Waals surface area contributed by atoms with Crippen molar-refractivity contribution in [2.45, 2.75) is 20.0 Å². The van der Waals surface area contributed by atoms with Gasteiger partial charge >= 0.3 is 0 Å². The van der Waals surface area contributed by atoms with Crippen molar-refractivity contribution in [3.05, 3.63) is 24.9 Å². The van der Waals surface area contributed by atoms with E-state index >= 15 is 0 Å². The minimum Gasteiger partial charge on any atom is -0.501 e. The molecule has 0 saturated heterocycles. The highest BCUT2D eigenvalue weighted by atomic mass is 17.2. The Balaban J connectivity index is 3.64. The van der Waals surface area contributed by atoms with Crippen molar-refractivity contribution in [2.75, 3.05) is 53.4 Å². The number of ether oxygens (including phenoxy) is 4. The fourth-order valence-electron chi connectivity index (χ4n) is 1.26. The van der Waals surface area contributed by atoms with Crippen LogP contribution < -0.4 is 0 Å². The molecule has 0 radical (unpaired) electrons. The Bertz CT molecular complexity index is 283. The number of methoxy groups -OCH3 is 1. The molecule has 0 spiro atoms. The largest absolute Gasteiger partial charge is 0.501 e. The van der Waals surface area contributed by atoms with Gasteiger partial charge in [-0.25, -0.2) is 0 Å². The molecule has 0 bridgehead atoms. The van der Waals surface area contributed by atoms with Crippen LogP contribution in [0, 0.1) is 0 Å². The molecule has 0 aromatic heterocycles. The smallest absolute Gasteiger partial charge is 0.163 e. The van der Waals surface area contributed by atoms with E-state index in [-0.39, 0.29) is 12.7 Å². The van der Waals surface area contributed by atoms with Crippen molar-refractivity contribution in [1.29, 1.82) is 0 Å². The van der Waals surface area contributed by atoms with Crippen LogP contribution in [-0.2, 0) is 38.5 Å². The molecule has 0 aromatic rings. The summed E-state index contributed by atoms with van der Waals surface area (Å²) in [5.41, 5.74) is 0. The highest BCUT2D eigenvalue weighted by Crippen LogP contribution is 1.97. The van der Waals surface area contributed by atoms with E-state index in [0.29, 0.717) is 39.6 Å². The average molecular weight is 336 g/mol. The lowest BCUT2D eigenvalue weighted by atomic mass is 10.4. The Labute approximate surface area is 137 Å². The minimum absolute atomic E-state index is 0.186. The van der Waals surface area contributed by atoms with Crippen LogP contribution in [0.25, 0.3) is 0 Å². The Morgan fingerprint density at radius 1 is 0.826 bits per heavy atom. The normalized spacial score (nSPS) is 12.8. The Morgan fingerprint density at radius 3 is 2.22 bits per heavy atom. The molecule has 0 N–H and O–H groups in total. The molecule has 0 aliphatic carbocycles. The first kappa shape index (κ1) is 21.7. The lowest BCUT2D eigenvalue weighted by molar-refractivity contribution is -0.261. The minimum atomic E-state index is -0.186. The Morgan fingerprint density at radius 2 is 1.52 bits per heavy atom. The van der Waals surface area contributed by atoms with Crippen molar-refractivity contribution in [3.63, 3.8) is 0 Å². The first-order valence-corrected chi connectivity index (χ1v) is 7.47. The third-order valence-electron chi connectivity index (χ3n) is 2.22. The fraction of sp³-hybridized carbons (Fsp3) is 0.733. The molecule has 0 fully saturated rings. The van der Waals surface area contributed by atoms with Gasteiger partial charge in [-0.05, 0) is 19.9 Å². The second-order valence-electron chi connectivity index (χ2n) is 4.04.